The van der Waals surface area contributed by atoms with Crippen molar-refractivity contribution in [2.24, 2.45) is 5.84 Å². The zero-order valence-electron chi connectivity index (χ0n) is 12.6. The maximum absolute atomic E-state index is 5.75. The molecule has 0 unspecified atom stereocenters. The van der Waals surface area contributed by atoms with E-state index in [1.807, 2.05) is 19.1 Å². The van der Waals surface area contributed by atoms with Crippen LogP contribution < -0.4 is 20.7 Å². The second-order valence-electron chi connectivity index (χ2n) is 5.01. The predicted octanol–water partition coefficient (Wildman–Crippen LogP) is 2.97. The molecule has 1 aromatic heterocycles. The molecule has 0 amide bonds. The summed E-state index contributed by atoms with van der Waals surface area (Å²) in [5.41, 5.74) is 6.52. The summed E-state index contributed by atoms with van der Waals surface area (Å²) in [5.74, 6) is 7.45. The quantitative estimate of drug-likeness (QED) is 0.663. The summed E-state index contributed by atoms with van der Waals surface area (Å²) in [7, 11) is 3.25. The molecular formula is C15H21N3O2. The first kappa shape index (κ1) is 14.4. The molecule has 20 heavy (non-hydrogen) atoms. The smallest absolute Gasteiger partial charge is 0.148 e. The zero-order chi connectivity index (χ0) is 14.9. The number of hydrogen-bond acceptors (Lipinski definition) is 5. The number of pyridine rings is 1. The van der Waals surface area contributed by atoms with E-state index in [9.17, 15) is 0 Å². The first-order chi connectivity index (χ1) is 9.53. The summed E-state index contributed by atoms with van der Waals surface area (Å²) in [6.45, 7) is 6.22. The maximum Gasteiger partial charge on any atom is 0.148 e. The number of ether oxygens (including phenoxy) is 2. The molecule has 2 rings (SSSR count). The van der Waals surface area contributed by atoms with Crippen molar-refractivity contribution >= 4 is 16.6 Å². The molecule has 1 aromatic carbocycles. The molecule has 0 aliphatic heterocycles. The van der Waals surface area contributed by atoms with Crippen LogP contribution in [0, 0.1) is 6.92 Å². The molecule has 0 radical (unpaired) electrons. The molecule has 1 heterocycles. The Balaban J connectivity index is 2.91. The van der Waals surface area contributed by atoms with Crippen LogP contribution in [-0.2, 0) is 0 Å². The number of aromatic nitrogens is 1. The van der Waals surface area contributed by atoms with Crippen molar-refractivity contribution in [1.29, 1.82) is 0 Å². The minimum atomic E-state index is 0.315. The standard InChI is InChI=1S/C15H21N3O2/c1-8(2)13-9(3)17-14-11(15(13)18-16)6-10(19-4)7-12(14)20-5/h6-8H,16H2,1-5H3,(H,17,18). The van der Waals surface area contributed by atoms with Crippen molar-refractivity contribution in [3.05, 3.63) is 23.4 Å². The van der Waals surface area contributed by atoms with Gasteiger partial charge in [-0.1, -0.05) is 13.8 Å². The number of nitrogens with one attached hydrogen (secondary N) is 1. The van der Waals surface area contributed by atoms with Crippen molar-refractivity contribution in [1.82, 2.24) is 4.98 Å². The minimum Gasteiger partial charge on any atom is -0.497 e. The number of aryl methyl sites for hydroxylation is 1. The van der Waals surface area contributed by atoms with Gasteiger partial charge < -0.3 is 14.9 Å². The molecule has 5 heteroatoms. The SMILES string of the molecule is COc1cc(OC)c2nc(C)c(C(C)C)c(NN)c2c1. The molecule has 0 saturated carbocycles. The monoisotopic (exact) mass is 275 g/mol. The van der Waals surface area contributed by atoms with Crippen LogP contribution in [-0.4, -0.2) is 19.2 Å². The van der Waals surface area contributed by atoms with Gasteiger partial charge in [-0.05, 0) is 18.9 Å². The van der Waals surface area contributed by atoms with Crippen LogP contribution in [0.15, 0.2) is 12.1 Å². The van der Waals surface area contributed by atoms with Gasteiger partial charge in [-0.25, -0.2) is 4.98 Å². The molecule has 0 spiro atoms. The van der Waals surface area contributed by atoms with E-state index in [0.717, 1.165) is 27.8 Å². The van der Waals surface area contributed by atoms with E-state index in [1.54, 1.807) is 14.2 Å². The molecule has 0 atom stereocenters. The van der Waals surface area contributed by atoms with Crippen LogP contribution in [0.5, 0.6) is 11.5 Å². The van der Waals surface area contributed by atoms with Crippen molar-refractivity contribution in [2.45, 2.75) is 26.7 Å². The number of hydrazine groups is 1. The Morgan fingerprint density at radius 3 is 2.40 bits per heavy atom. The van der Waals surface area contributed by atoms with E-state index in [1.165, 1.54) is 0 Å². The van der Waals surface area contributed by atoms with Gasteiger partial charge in [-0.15, -0.1) is 0 Å². The number of fused-ring (bicyclic) bond motifs is 1. The predicted molar refractivity (Wildman–Crippen MR) is 81.5 cm³/mol. The Morgan fingerprint density at radius 1 is 1.20 bits per heavy atom. The number of nitrogens with two attached hydrogens (primary N) is 1. The second kappa shape index (κ2) is 5.54. The average Bonchev–Trinajstić information content (AvgIpc) is 2.44. The largest absolute Gasteiger partial charge is 0.497 e. The lowest BCUT2D eigenvalue weighted by Gasteiger charge is -2.19. The van der Waals surface area contributed by atoms with Gasteiger partial charge >= 0.3 is 0 Å². The Hall–Kier alpha value is -2.01. The molecule has 2 aromatic rings. The van der Waals surface area contributed by atoms with Gasteiger partial charge in [-0.3, -0.25) is 5.84 Å². The van der Waals surface area contributed by atoms with Gasteiger partial charge in [-0.2, -0.15) is 0 Å². The number of rotatable bonds is 4. The van der Waals surface area contributed by atoms with Gasteiger partial charge in [0.1, 0.15) is 17.0 Å². The fourth-order valence-corrected chi connectivity index (χ4v) is 2.58. The highest BCUT2D eigenvalue weighted by Crippen LogP contribution is 2.38. The average molecular weight is 275 g/mol. The molecular weight excluding hydrogens is 254 g/mol. The summed E-state index contributed by atoms with van der Waals surface area (Å²) >= 11 is 0. The van der Waals surface area contributed by atoms with Crippen LogP contribution in [0.1, 0.15) is 31.0 Å². The summed E-state index contributed by atoms with van der Waals surface area (Å²) in [5, 5.41) is 0.901. The van der Waals surface area contributed by atoms with Gasteiger partial charge in [0.05, 0.1) is 19.9 Å². The number of nitrogen functional groups attached to an aromatic ring is 1. The Labute approximate surface area is 119 Å². The topological polar surface area (TPSA) is 69.4 Å². The summed E-state index contributed by atoms with van der Waals surface area (Å²) in [6.07, 6.45) is 0. The van der Waals surface area contributed by atoms with Crippen molar-refractivity contribution in [2.75, 3.05) is 19.6 Å². The van der Waals surface area contributed by atoms with E-state index >= 15 is 0 Å². The summed E-state index contributed by atoms with van der Waals surface area (Å²) in [4.78, 5) is 4.68. The lowest BCUT2D eigenvalue weighted by Crippen LogP contribution is -2.13. The molecule has 3 N–H and O–H groups in total. The molecule has 0 bridgehead atoms. The van der Waals surface area contributed by atoms with Gasteiger partial charge in [0.25, 0.3) is 0 Å². The highest BCUT2D eigenvalue weighted by molar-refractivity contribution is 5.98. The third kappa shape index (κ3) is 2.25. The second-order valence-corrected chi connectivity index (χ2v) is 5.01. The fourth-order valence-electron chi connectivity index (χ4n) is 2.58. The lowest BCUT2D eigenvalue weighted by atomic mass is 9.96. The number of benzene rings is 1. The number of hydrogen-bond donors (Lipinski definition) is 2. The van der Waals surface area contributed by atoms with Crippen molar-refractivity contribution < 1.29 is 9.47 Å². The Bertz CT molecular complexity index is 639. The van der Waals surface area contributed by atoms with Crippen LogP contribution in [0.3, 0.4) is 0 Å². The van der Waals surface area contributed by atoms with Crippen LogP contribution in [0.2, 0.25) is 0 Å². The highest BCUT2D eigenvalue weighted by Gasteiger charge is 2.18. The molecule has 108 valence electrons. The first-order valence-corrected chi connectivity index (χ1v) is 6.56. The van der Waals surface area contributed by atoms with Crippen LogP contribution >= 0.6 is 0 Å². The van der Waals surface area contributed by atoms with Crippen LogP contribution in [0.4, 0.5) is 5.69 Å². The fraction of sp³-hybridized carbons (Fsp3) is 0.400. The molecule has 5 nitrogen and oxygen atoms in total. The maximum atomic E-state index is 5.75. The van der Waals surface area contributed by atoms with E-state index in [-0.39, 0.29) is 0 Å². The van der Waals surface area contributed by atoms with Gasteiger partial charge in [0, 0.05) is 22.7 Å². The van der Waals surface area contributed by atoms with Crippen molar-refractivity contribution in [3.8, 4) is 11.5 Å². The summed E-state index contributed by atoms with van der Waals surface area (Å²) < 4.78 is 10.7. The van der Waals surface area contributed by atoms with E-state index in [2.05, 4.69) is 24.3 Å². The Kier molecular flexibility index (Phi) is 3.99. The number of anilines is 1. The Morgan fingerprint density at radius 2 is 1.90 bits per heavy atom. The van der Waals surface area contributed by atoms with Gasteiger partial charge in [0.2, 0.25) is 0 Å². The normalized spacial score (nSPS) is 10.9. The van der Waals surface area contributed by atoms with Gasteiger partial charge in [0.15, 0.2) is 0 Å². The third-order valence-corrected chi connectivity index (χ3v) is 3.43. The molecule has 0 fully saturated rings. The highest BCUT2D eigenvalue weighted by atomic mass is 16.5. The van der Waals surface area contributed by atoms with Crippen molar-refractivity contribution in [3.63, 3.8) is 0 Å². The zero-order valence-corrected chi connectivity index (χ0v) is 12.6. The van der Waals surface area contributed by atoms with E-state index in [0.29, 0.717) is 17.4 Å². The van der Waals surface area contributed by atoms with E-state index in [4.69, 9.17) is 15.3 Å². The molecule has 0 aliphatic carbocycles. The summed E-state index contributed by atoms with van der Waals surface area (Å²) in [6, 6.07) is 3.75. The van der Waals surface area contributed by atoms with Crippen LogP contribution in [0.25, 0.3) is 10.9 Å². The number of methoxy groups -OCH3 is 2. The minimum absolute atomic E-state index is 0.315. The third-order valence-electron chi connectivity index (χ3n) is 3.43. The number of nitrogens with zero attached hydrogens (tertiary/aromatic N) is 1. The lowest BCUT2D eigenvalue weighted by molar-refractivity contribution is 0.397. The first-order valence-electron chi connectivity index (χ1n) is 6.56. The molecule has 0 saturated heterocycles. The molecule has 0 aliphatic rings. The van der Waals surface area contributed by atoms with E-state index < -0.39 is 0 Å².